The van der Waals surface area contributed by atoms with Crippen molar-refractivity contribution in [3.63, 3.8) is 0 Å². The summed E-state index contributed by atoms with van der Waals surface area (Å²) in [6.45, 7) is 5.22. The number of carbonyl (C=O) groups excluding carboxylic acids is 1. The number of nitrogens with one attached hydrogen (secondary N) is 2. The molecule has 0 aromatic carbocycles. The summed E-state index contributed by atoms with van der Waals surface area (Å²) in [5, 5.41) is 0. The van der Waals surface area contributed by atoms with Gasteiger partial charge in [-0.3, -0.25) is 0 Å². The van der Waals surface area contributed by atoms with Crippen LogP contribution in [-0.2, 0) is 24.2 Å². The maximum absolute atomic E-state index is 10.3. The average Bonchev–Trinajstić information content (AvgIpc) is 1.62. The molecule has 0 rings (SSSR count). The molecule has 0 bridgehead atoms. The van der Waals surface area contributed by atoms with Gasteiger partial charge in [0.2, 0.25) is 0 Å². The summed E-state index contributed by atoms with van der Waals surface area (Å²) in [6, 6.07) is 0. The van der Waals surface area contributed by atoms with Crippen molar-refractivity contribution in [3.8, 4) is 0 Å². The molecule has 1 radical (unpaired) electrons. The quantitative estimate of drug-likeness (QED) is 0.508. The molecular formula is C5H11N2O2Ru. The van der Waals surface area contributed by atoms with Gasteiger partial charge >= 0.3 is 25.6 Å². The van der Waals surface area contributed by atoms with E-state index in [4.69, 9.17) is 5.84 Å². The van der Waals surface area contributed by atoms with E-state index >= 15 is 0 Å². The van der Waals surface area contributed by atoms with Gasteiger partial charge in [-0.25, -0.2) is 4.79 Å². The fourth-order valence-corrected chi connectivity index (χ4v) is 0.304. The first-order valence-electron chi connectivity index (χ1n) is 2.61. The molecule has 0 spiro atoms. The van der Waals surface area contributed by atoms with Crippen LogP contribution in [0.25, 0.3) is 5.84 Å². The average molecular weight is 232 g/mol. The van der Waals surface area contributed by atoms with Crippen LogP contribution in [0.4, 0.5) is 4.79 Å². The number of carbonyl (C=O) groups is 1. The van der Waals surface area contributed by atoms with Crippen molar-refractivity contribution in [1.82, 2.24) is 5.43 Å². The van der Waals surface area contributed by atoms with Crippen molar-refractivity contribution in [2.75, 3.05) is 0 Å². The molecule has 0 saturated carbocycles. The SMILES string of the molecule is CC(C)(C)OC(=O)N[NH-].[Ru+]. The van der Waals surface area contributed by atoms with Gasteiger partial charge in [-0.1, -0.05) is 0 Å². The summed E-state index contributed by atoms with van der Waals surface area (Å²) in [6.07, 6.45) is -0.720. The Hall–Kier alpha value is -0.147. The van der Waals surface area contributed by atoms with Gasteiger partial charge in [-0.15, -0.1) is 0 Å². The Bertz CT molecular complexity index is 111. The first-order valence-corrected chi connectivity index (χ1v) is 2.61. The van der Waals surface area contributed by atoms with Crippen LogP contribution in [0.2, 0.25) is 0 Å². The number of hydrogen-bond donors (Lipinski definition) is 1. The molecule has 0 atom stereocenters. The maximum atomic E-state index is 10.3. The number of ether oxygens (including phenoxy) is 1. The molecule has 4 nitrogen and oxygen atoms in total. The Morgan fingerprint density at radius 2 is 1.90 bits per heavy atom. The minimum atomic E-state index is -0.720. The second-order valence-electron chi connectivity index (χ2n) is 2.63. The zero-order chi connectivity index (χ0) is 7.49. The Morgan fingerprint density at radius 1 is 1.50 bits per heavy atom. The van der Waals surface area contributed by atoms with E-state index in [0.717, 1.165) is 0 Å². The molecule has 0 heterocycles. The van der Waals surface area contributed by atoms with E-state index in [2.05, 4.69) is 4.74 Å². The maximum Gasteiger partial charge on any atom is 1.00 e. The Labute approximate surface area is 73.2 Å². The normalized spacial score (nSPS) is 9.60. The van der Waals surface area contributed by atoms with Crippen LogP contribution in [0.1, 0.15) is 20.8 Å². The van der Waals surface area contributed by atoms with E-state index in [1.54, 1.807) is 26.2 Å². The van der Waals surface area contributed by atoms with Gasteiger partial charge in [0, 0.05) is 0 Å². The monoisotopic (exact) mass is 233 g/mol. The summed E-state index contributed by atoms with van der Waals surface area (Å²) >= 11 is 0. The molecular weight excluding hydrogens is 221 g/mol. The third-order valence-electron chi connectivity index (χ3n) is 0.501. The Kier molecular flexibility index (Phi) is 5.80. The smallest absolute Gasteiger partial charge is 0.581 e. The van der Waals surface area contributed by atoms with E-state index in [1.807, 2.05) is 0 Å². The number of hydrogen-bond acceptors (Lipinski definition) is 2. The van der Waals surface area contributed by atoms with Crippen molar-refractivity contribution in [2.45, 2.75) is 26.4 Å². The molecule has 0 aliphatic heterocycles. The summed E-state index contributed by atoms with van der Waals surface area (Å²) in [5.74, 6) is 6.36. The third kappa shape index (κ3) is 7.85. The van der Waals surface area contributed by atoms with E-state index in [1.165, 1.54) is 0 Å². The first kappa shape index (κ1) is 12.5. The van der Waals surface area contributed by atoms with Crippen LogP contribution in [0.5, 0.6) is 0 Å². The molecule has 5 heteroatoms. The molecule has 0 saturated heterocycles. The fourth-order valence-electron chi connectivity index (χ4n) is 0.304. The second kappa shape index (κ2) is 4.64. The fraction of sp³-hybridized carbons (Fsp3) is 0.800. The van der Waals surface area contributed by atoms with Gasteiger partial charge in [0.25, 0.3) is 0 Å². The van der Waals surface area contributed by atoms with Gasteiger partial charge in [0.15, 0.2) is 0 Å². The van der Waals surface area contributed by atoms with Gasteiger partial charge in [-0.05, 0) is 20.8 Å². The van der Waals surface area contributed by atoms with Crippen molar-refractivity contribution >= 4 is 6.09 Å². The van der Waals surface area contributed by atoms with E-state index < -0.39 is 11.7 Å². The van der Waals surface area contributed by atoms with Gasteiger partial charge in [0.05, 0.1) is 0 Å². The van der Waals surface area contributed by atoms with Gasteiger partial charge in [-0.2, -0.15) is 0 Å². The van der Waals surface area contributed by atoms with Crippen molar-refractivity contribution in [3.05, 3.63) is 5.84 Å². The van der Waals surface area contributed by atoms with Gasteiger partial charge < -0.3 is 16.0 Å². The van der Waals surface area contributed by atoms with Crippen LogP contribution >= 0.6 is 0 Å². The van der Waals surface area contributed by atoms with Crippen LogP contribution in [0, 0.1) is 0 Å². The molecule has 0 fully saturated rings. The summed E-state index contributed by atoms with van der Waals surface area (Å²) in [7, 11) is 0. The first-order chi connectivity index (χ1) is 3.95. The molecule has 61 valence electrons. The largest absolute Gasteiger partial charge is 1.00 e. The van der Waals surface area contributed by atoms with E-state index in [9.17, 15) is 4.79 Å². The zero-order valence-corrected chi connectivity index (χ0v) is 7.91. The van der Waals surface area contributed by atoms with Crippen LogP contribution in [-0.4, -0.2) is 11.7 Å². The van der Waals surface area contributed by atoms with Crippen molar-refractivity contribution in [2.24, 2.45) is 0 Å². The Morgan fingerprint density at radius 3 is 2.00 bits per heavy atom. The minimum Gasteiger partial charge on any atom is -0.581 e. The number of rotatable bonds is 0. The van der Waals surface area contributed by atoms with Gasteiger partial charge in [0.1, 0.15) is 5.60 Å². The molecule has 0 unspecified atom stereocenters. The van der Waals surface area contributed by atoms with E-state index in [0.29, 0.717) is 0 Å². The molecule has 0 aliphatic rings. The van der Waals surface area contributed by atoms with Crippen LogP contribution in [0.3, 0.4) is 0 Å². The topological polar surface area (TPSA) is 62.1 Å². The summed E-state index contributed by atoms with van der Waals surface area (Å²) in [4.78, 5) is 10.3. The predicted octanol–water partition coefficient (Wildman–Crippen LogP) is 1.48. The summed E-state index contributed by atoms with van der Waals surface area (Å²) < 4.78 is 4.65. The minimum absolute atomic E-state index is 0. The Balaban J connectivity index is 0. The standard InChI is InChI=1S/C5H11N2O2.Ru/c1-5(2,3)9-4(8)7-6;/h6H,1-3H3,(H,7,8);/q-1;+1. The molecule has 2 N–H and O–H groups in total. The molecule has 10 heavy (non-hydrogen) atoms. The predicted molar refractivity (Wildman–Crippen MR) is 33.7 cm³/mol. The zero-order valence-electron chi connectivity index (χ0n) is 6.17. The van der Waals surface area contributed by atoms with Crippen LogP contribution in [0.15, 0.2) is 0 Å². The molecule has 0 aromatic rings. The third-order valence-corrected chi connectivity index (χ3v) is 0.501. The number of amides is 1. The molecule has 0 aromatic heterocycles. The van der Waals surface area contributed by atoms with E-state index in [-0.39, 0.29) is 19.5 Å². The van der Waals surface area contributed by atoms with Crippen molar-refractivity contribution in [1.29, 1.82) is 0 Å². The molecule has 1 amide bonds. The van der Waals surface area contributed by atoms with Crippen molar-refractivity contribution < 1.29 is 29.0 Å². The summed E-state index contributed by atoms with van der Waals surface area (Å²) in [5.41, 5.74) is 1.10. The molecule has 0 aliphatic carbocycles. The second-order valence-corrected chi connectivity index (χ2v) is 2.63. The van der Waals surface area contributed by atoms with Crippen LogP contribution < -0.4 is 5.43 Å².